The molecule has 0 fully saturated rings. The number of hydrogen-bond donors (Lipinski definition) is 0. The van der Waals surface area contributed by atoms with Gasteiger partial charge in [0.15, 0.2) is 17.3 Å². The van der Waals surface area contributed by atoms with Crippen molar-refractivity contribution in [2.24, 2.45) is 0 Å². The van der Waals surface area contributed by atoms with Crippen molar-refractivity contribution in [1.82, 2.24) is 29.3 Å². The van der Waals surface area contributed by atoms with Gasteiger partial charge < -0.3 is 9.47 Å². The van der Waals surface area contributed by atoms with E-state index in [1.54, 1.807) is 6.07 Å². The van der Waals surface area contributed by atoms with Crippen LogP contribution in [0.25, 0.3) is 28.5 Å². The van der Waals surface area contributed by atoms with E-state index in [9.17, 15) is 13.6 Å². The molecule has 12 heteroatoms. The van der Waals surface area contributed by atoms with E-state index in [2.05, 4.69) is 20.0 Å². The van der Waals surface area contributed by atoms with E-state index in [4.69, 9.17) is 4.74 Å². The molecule has 0 saturated heterocycles. The zero-order valence-corrected chi connectivity index (χ0v) is 18.6. The minimum Gasteiger partial charge on any atom is -0.491 e. The van der Waals surface area contributed by atoms with Crippen LogP contribution >= 0.6 is 0 Å². The number of halogens is 3. The predicted octanol–water partition coefficient (Wildman–Crippen LogP) is 4.02. The van der Waals surface area contributed by atoms with Crippen molar-refractivity contribution in [3.8, 4) is 40.1 Å². The molecule has 3 aromatic heterocycles. The van der Waals surface area contributed by atoms with Crippen molar-refractivity contribution < 1.29 is 22.6 Å². The van der Waals surface area contributed by atoms with Crippen molar-refractivity contribution in [2.75, 3.05) is 7.11 Å². The average molecular weight is 494 g/mol. The number of nitrogens with zero attached hydrogens (tertiary/aromatic N) is 6. The van der Waals surface area contributed by atoms with E-state index in [1.165, 1.54) is 54.6 Å². The van der Waals surface area contributed by atoms with E-state index in [-0.39, 0.29) is 28.7 Å². The third kappa shape index (κ3) is 4.08. The molecule has 2 aromatic carbocycles. The highest BCUT2D eigenvalue weighted by atomic mass is 19.3. The van der Waals surface area contributed by atoms with E-state index in [0.717, 1.165) is 9.36 Å². The fourth-order valence-corrected chi connectivity index (χ4v) is 3.66. The number of alkyl halides is 2. The largest absolute Gasteiger partial charge is 0.491 e. The second kappa shape index (κ2) is 9.41. The Hall–Kier alpha value is -4.87. The minimum atomic E-state index is -3.12. The first-order valence-electron chi connectivity index (χ1n) is 10.5. The number of para-hydroxylation sites is 1. The Balaban J connectivity index is 1.66. The van der Waals surface area contributed by atoms with Gasteiger partial charge in [-0.05, 0) is 30.3 Å². The zero-order chi connectivity index (χ0) is 25.2. The Bertz CT molecular complexity index is 1580. The number of ether oxygens (including phenoxy) is 2. The highest BCUT2D eigenvalue weighted by Crippen LogP contribution is 2.26. The molecule has 0 atom stereocenters. The maximum Gasteiger partial charge on any atom is 0.388 e. The number of aromatic nitrogens is 6. The molecule has 0 aliphatic carbocycles. The van der Waals surface area contributed by atoms with Gasteiger partial charge in [0.2, 0.25) is 5.88 Å². The normalized spacial score (nSPS) is 11.1. The summed E-state index contributed by atoms with van der Waals surface area (Å²) in [6.07, 6.45) is 3.95. The standard InChI is InChI=1S/C24H17F3N6O3/c1-35-19-14-31(16-8-5-9-17(21(16)25)33-20(11-13-29-33)36-24(26)27)30-22(23(19)34)18-10-12-28-32(18)15-6-3-2-4-7-15/h2-14,24H,1H3. The van der Waals surface area contributed by atoms with Gasteiger partial charge in [0.25, 0.3) is 5.43 Å². The Morgan fingerprint density at radius 1 is 0.889 bits per heavy atom. The molecule has 5 aromatic rings. The van der Waals surface area contributed by atoms with Crippen LogP contribution in [0.5, 0.6) is 11.6 Å². The molecule has 9 nitrogen and oxygen atoms in total. The summed E-state index contributed by atoms with van der Waals surface area (Å²) in [4.78, 5) is 13.1. The summed E-state index contributed by atoms with van der Waals surface area (Å²) in [6, 6.07) is 16.1. The zero-order valence-electron chi connectivity index (χ0n) is 18.6. The highest BCUT2D eigenvalue weighted by molar-refractivity contribution is 5.59. The Morgan fingerprint density at radius 3 is 2.36 bits per heavy atom. The van der Waals surface area contributed by atoms with Crippen LogP contribution in [0, 0.1) is 5.82 Å². The molecular weight excluding hydrogens is 477 g/mol. The molecule has 36 heavy (non-hydrogen) atoms. The highest BCUT2D eigenvalue weighted by Gasteiger charge is 2.21. The first-order chi connectivity index (χ1) is 17.5. The summed E-state index contributed by atoms with van der Waals surface area (Å²) in [5, 5.41) is 12.6. The quantitative estimate of drug-likeness (QED) is 0.340. The van der Waals surface area contributed by atoms with Crippen molar-refractivity contribution in [1.29, 1.82) is 0 Å². The molecule has 0 bridgehead atoms. The molecule has 5 rings (SSSR count). The molecular formula is C24H17F3N6O3. The van der Waals surface area contributed by atoms with Crippen LogP contribution < -0.4 is 14.9 Å². The predicted molar refractivity (Wildman–Crippen MR) is 123 cm³/mol. The third-order valence-corrected chi connectivity index (χ3v) is 5.24. The molecule has 0 spiro atoms. The molecule has 182 valence electrons. The van der Waals surface area contributed by atoms with Crippen LogP contribution in [0.15, 0.2) is 84.0 Å². The van der Waals surface area contributed by atoms with Gasteiger partial charge >= 0.3 is 6.61 Å². The maximum absolute atomic E-state index is 15.7. The van der Waals surface area contributed by atoms with Gasteiger partial charge in [-0.2, -0.15) is 28.8 Å². The lowest BCUT2D eigenvalue weighted by Crippen LogP contribution is -2.18. The summed E-state index contributed by atoms with van der Waals surface area (Å²) >= 11 is 0. The smallest absolute Gasteiger partial charge is 0.388 e. The number of methoxy groups -OCH3 is 1. The molecule has 3 heterocycles. The number of hydrogen-bond acceptors (Lipinski definition) is 6. The Morgan fingerprint density at radius 2 is 1.61 bits per heavy atom. The van der Waals surface area contributed by atoms with E-state index < -0.39 is 17.9 Å². The third-order valence-electron chi connectivity index (χ3n) is 5.24. The lowest BCUT2D eigenvalue weighted by Gasteiger charge is -2.14. The minimum absolute atomic E-state index is 0.0404. The monoisotopic (exact) mass is 494 g/mol. The van der Waals surface area contributed by atoms with Gasteiger partial charge in [-0.1, -0.05) is 24.3 Å². The van der Waals surface area contributed by atoms with Crippen LogP contribution in [0.3, 0.4) is 0 Å². The Labute approximate surface area is 201 Å². The van der Waals surface area contributed by atoms with Crippen LogP contribution in [0.2, 0.25) is 0 Å². The summed E-state index contributed by atoms with van der Waals surface area (Å²) in [7, 11) is 1.31. The van der Waals surface area contributed by atoms with Crippen molar-refractivity contribution in [3.63, 3.8) is 0 Å². The first kappa shape index (κ1) is 22.9. The SMILES string of the molecule is COc1cn(-c2cccc(-n3nccc3OC(F)F)c2F)nc(-c2ccnn2-c2ccccc2)c1=O. The van der Waals surface area contributed by atoms with Crippen molar-refractivity contribution in [2.45, 2.75) is 6.61 Å². The van der Waals surface area contributed by atoms with Crippen LogP contribution in [-0.2, 0) is 0 Å². The maximum atomic E-state index is 15.7. The summed E-state index contributed by atoms with van der Waals surface area (Å²) < 4.78 is 54.5. The molecule has 0 aliphatic rings. The molecule has 0 saturated carbocycles. The van der Waals surface area contributed by atoms with Crippen molar-refractivity contribution >= 4 is 0 Å². The Kier molecular flexibility index (Phi) is 5.98. The van der Waals surface area contributed by atoms with E-state index in [1.807, 2.05) is 30.3 Å². The van der Waals surface area contributed by atoms with Gasteiger partial charge in [0.05, 0.1) is 37.1 Å². The van der Waals surface area contributed by atoms with Gasteiger partial charge in [-0.3, -0.25) is 4.79 Å². The molecule has 0 unspecified atom stereocenters. The van der Waals surface area contributed by atoms with Gasteiger partial charge in [0, 0.05) is 6.07 Å². The van der Waals surface area contributed by atoms with Crippen LogP contribution in [0.4, 0.5) is 13.2 Å². The molecule has 0 radical (unpaired) electrons. The van der Waals surface area contributed by atoms with Crippen LogP contribution in [0.1, 0.15) is 0 Å². The van der Waals surface area contributed by atoms with Gasteiger partial charge in [0.1, 0.15) is 11.4 Å². The number of benzene rings is 2. The second-order valence-electron chi connectivity index (χ2n) is 7.35. The summed E-state index contributed by atoms with van der Waals surface area (Å²) in [5.41, 5.74) is 0.227. The summed E-state index contributed by atoms with van der Waals surface area (Å²) in [6.45, 7) is -3.12. The molecule has 0 amide bonds. The van der Waals surface area contributed by atoms with Crippen molar-refractivity contribution in [3.05, 3.63) is 95.3 Å². The fourth-order valence-electron chi connectivity index (χ4n) is 3.66. The van der Waals surface area contributed by atoms with E-state index >= 15 is 4.39 Å². The molecule has 0 N–H and O–H groups in total. The average Bonchev–Trinajstić information content (AvgIpc) is 3.55. The number of rotatable bonds is 7. The van der Waals surface area contributed by atoms with E-state index in [0.29, 0.717) is 11.4 Å². The fraction of sp³-hybridized carbons (Fsp3) is 0.0833. The molecule has 0 aliphatic heterocycles. The van der Waals surface area contributed by atoms with Gasteiger partial charge in [-0.15, -0.1) is 0 Å². The first-order valence-corrected chi connectivity index (χ1v) is 10.5. The van der Waals surface area contributed by atoms with Gasteiger partial charge in [-0.25, -0.2) is 13.8 Å². The lowest BCUT2D eigenvalue weighted by molar-refractivity contribution is -0.0544. The van der Waals surface area contributed by atoms with Crippen LogP contribution in [-0.4, -0.2) is 43.1 Å². The lowest BCUT2D eigenvalue weighted by atomic mass is 10.2. The second-order valence-corrected chi connectivity index (χ2v) is 7.35. The topological polar surface area (TPSA) is 89.0 Å². The summed E-state index contributed by atoms with van der Waals surface area (Å²) in [5.74, 6) is -1.29.